The van der Waals surface area contributed by atoms with Gasteiger partial charge in [0.25, 0.3) is 5.91 Å². The average Bonchev–Trinajstić information content (AvgIpc) is 3.24. The fourth-order valence-corrected chi connectivity index (χ4v) is 3.95. The van der Waals surface area contributed by atoms with Crippen molar-refractivity contribution in [3.63, 3.8) is 0 Å². The standard InChI is InChI=1S/C20H16F2N4OS/c1-11-18(28-20(24-11)17-12(21)5-4-6-13(17)22)19(27)23-10-9-16-25-14-7-2-3-8-15(14)26-16/h2-8H,9-10H2,1H3,(H,23,27)(H,25,26). The molecular weight excluding hydrogens is 382 g/mol. The van der Waals surface area contributed by atoms with Crippen LogP contribution in [0.5, 0.6) is 0 Å². The van der Waals surface area contributed by atoms with E-state index >= 15 is 0 Å². The number of para-hydroxylation sites is 2. The monoisotopic (exact) mass is 398 g/mol. The summed E-state index contributed by atoms with van der Waals surface area (Å²) >= 11 is 0.973. The second-order valence-corrected chi connectivity index (χ2v) is 7.24. The van der Waals surface area contributed by atoms with Gasteiger partial charge in [0.05, 0.1) is 22.3 Å². The Morgan fingerprint density at radius 2 is 1.86 bits per heavy atom. The van der Waals surface area contributed by atoms with Crippen molar-refractivity contribution < 1.29 is 13.6 Å². The second kappa shape index (κ2) is 7.47. The summed E-state index contributed by atoms with van der Waals surface area (Å²) in [5.41, 5.74) is 2.04. The predicted molar refractivity (Wildman–Crippen MR) is 104 cm³/mol. The van der Waals surface area contributed by atoms with Gasteiger partial charge in [0.15, 0.2) is 0 Å². The second-order valence-electron chi connectivity index (χ2n) is 6.24. The summed E-state index contributed by atoms with van der Waals surface area (Å²) in [4.78, 5) is 24.7. The molecule has 1 amide bonds. The highest BCUT2D eigenvalue weighted by Crippen LogP contribution is 2.31. The van der Waals surface area contributed by atoms with E-state index in [0.29, 0.717) is 23.5 Å². The summed E-state index contributed by atoms with van der Waals surface area (Å²) in [6, 6.07) is 11.3. The van der Waals surface area contributed by atoms with Crippen LogP contribution in [-0.4, -0.2) is 27.4 Å². The Morgan fingerprint density at radius 3 is 2.61 bits per heavy atom. The summed E-state index contributed by atoms with van der Waals surface area (Å²) in [6.07, 6.45) is 0.535. The number of nitrogens with one attached hydrogen (secondary N) is 2. The number of rotatable bonds is 5. The van der Waals surface area contributed by atoms with Crippen LogP contribution in [0.1, 0.15) is 21.2 Å². The Morgan fingerprint density at radius 1 is 1.11 bits per heavy atom. The van der Waals surface area contributed by atoms with Crippen LogP contribution in [0.2, 0.25) is 0 Å². The Labute approximate surface area is 163 Å². The summed E-state index contributed by atoms with van der Waals surface area (Å²) < 4.78 is 27.9. The fraction of sp³-hybridized carbons (Fsp3) is 0.150. The molecule has 0 saturated heterocycles. The number of halogens is 2. The van der Waals surface area contributed by atoms with Crippen molar-refractivity contribution in [1.82, 2.24) is 20.3 Å². The molecule has 8 heteroatoms. The van der Waals surface area contributed by atoms with Gasteiger partial charge in [-0.1, -0.05) is 18.2 Å². The van der Waals surface area contributed by atoms with Crippen LogP contribution in [0.15, 0.2) is 42.5 Å². The maximum Gasteiger partial charge on any atom is 0.263 e. The Balaban J connectivity index is 1.46. The lowest BCUT2D eigenvalue weighted by Crippen LogP contribution is -2.25. The van der Waals surface area contributed by atoms with Gasteiger partial charge >= 0.3 is 0 Å². The van der Waals surface area contributed by atoms with Crippen molar-refractivity contribution in [3.05, 3.63) is 70.5 Å². The van der Waals surface area contributed by atoms with E-state index in [1.54, 1.807) is 6.92 Å². The van der Waals surface area contributed by atoms with Crippen LogP contribution in [0.4, 0.5) is 8.78 Å². The molecule has 0 spiro atoms. The normalized spacial score (nSPS) is 11.1. The van der Waals surface area contributed by atoms with Crippen LogP contribution >= 0.6 is 11.3 Å². The quantitative estimate of drug-likeness (QED) is 0.528. The topological polar surface area (TPSA) is 70.7 Å². The number of fused-ring (bicyclic) bond motifs is 1. The largest absolute Gasteiger partial charge is 0.351 e. The lowest BCUT2D eigenvalue weighted by Gasteiger charge is -2.02. The molecule has 2 heterocycles. The Kier molecular flexibility index (Phi) is 4.87. The number of carbonyl (C=O) groups excluding carboxylic acids is 1. The number of amides is 1. The molecular formula is C20H16F2N4OS. The number of H-pyrrole nitrogens is 1. The van der Waals surface area contributed by atoms with E-state index in [4.69, 9.17) is 0 Å². The van der Waals surface area contributed by atoms with E-state index in [1.165, 1.54) is 18.2 Å². The van der Waals surface area contributed by atoms with Gasteiger partial charge in [-0.25, -0.2) is 18.7 Å². The number of thiazole rings is 1. The molecule has 0 unspecified atom stereocenters. The van der Waals surface area contributed by atoms with Gasteiger partial charge in [-0.3, -0.25) is 4.79 Å². The Bertz CT molecular complexity index is 1110. The molecule has 0 saturated carbocycles. The highest BCUT2D eigenvalue weighted by molar-refractivity contribution is 7.17. The maximum absolute atomic E-state index is 14.0. The van der Waals surface area contributed by atoms with Crippen LogP contribution in [0.25, 0.3) is 21.6 Å². The summed E-state index contributed by atoms with van der Waals surface area (Å²) in [7, 11) is 0. The third-order valence-corrected chi connectivity index (χ3v) is 5.44. The number of aromatic amines is 1. The van der Waals surface area contributed by atoms with Crippen molar-refractivity contribution in [2.75, 3.05) is 6.54 Å². The molecule has 28 heavy (non-hydrogen) atoms. The Hall–Kier alpha value is -3.13. The van der Waals surface area contributed by atoms with Crippen molar-refractivity contribution in [2.45, 2.75) is 13.3 Å². The SMILES string of the molecule is Cc1nc(-c2c(F)cccc2F)sc1C(=O)NCCc1nc2ccccc2[nH]1. The number of hydrogen-bond acceptors (Lipinski definition) is 4. The minimum atomic E-state index is -0.703. The van der Waals surface area contributed by atoms with Crippen LogP contribution < -0.4 is 5.32 Å². The van der Waals surface area contributed by atoms with E-state index < -0.39 is 11.6 Å². The van der Waals surface area contributed by atoms with Crippen molar-refractivity contribution >= 4 is 28.3 Å². The molecule has 2 aromatic heterocycles. The zero-order valence-corrected chi connectivity index (χ0v) is 15.7. The van der Waals surface area contributed by atoms with Crippen LogP contribution in [-0.2, 0) is 6.42 Å². The molecule has 4 aromatic rings. The van der Waals surface area contributed by atoms with Crippen LogP contribution in [0.3, 0.4) is 0 Å². The number of aryl methyl sites for hydroxylation is 1. The molecule has 0 atom stereocenters. The smallest absolute Gasteiger partial charge is 0.263 e. The molecule has 0 aliphatic carbocycles. The van der Waals surface area contributed by atoms with E-state index in [0.717, 1.165) is 28.2 Å². The number of imidazole rings is 1. The molecule has 0 aliphatic heterocycles. The zero-order valence-electron chi connectivity index (χ0n) is 14.9. The first kappa shape index (κ1) is 18.2. The highest BCUT2D eigenvalue weighted by atomic mass is 32.1. The van der Waals surface area contributed by atoms with E-state index in [-0.39, 0.29) is 16.5 Å². The zero-order chi connectivity index (χ0) is 19.7. The number of hydrogen-bond donors (Lipinski definition) is 2. The van der Waals surface area contributed by atoms with Gasteiger partial charge < -0.3 is 10.3 Å². The first-order valence-electron chi connectivity index (χ1n) is 8.66. The molecule has 0 fully saturated rings. The summed E-state index contributed by atoms with van der Waals surface area (Å²) in [6.45, 7) is 2.02. The summed E-state index contributed by atoms with van der Waals surface area (Å²) in [5.74, 6) is -0.957. The lowest BCUT2D eigenvalue weighted by molar-refractivity contribution is 0.0957. The molecule has 5 nitrogen and oxygen atoms in total. The van der Waals surface area contributed by atoms with E-state index in [1.807, 2.05) is 24.3 Å². The van der Waals surface area contributed by atoms with E-state index in [9.17, 15) is 13.6 Å². The number of carbonyl (C=O) groups is 1. The molecule has 2 aromatic carbocycles. The lowest BCUT2D eigenvalue weighted by atomic mass is 10.2. The number of benzene rings is 2. The van der Waals surface area contributed by atoms with Gasteiger partial charge in [0.2, 0.25) is 0 Å². The van der Waals surface area contributed by atoms with Gasteiger partial charge in [0.1, 0.15) is 27.3 Å². The molecule has 0 bridgehead atoms. The minimum Gasteiger partial charge on any atom is -0.351 e. The first-order valence-corrected chi connectivity index (χ1v) is 9.48. The molecule has 2 N–H and O–H groups in total. The molecule has 142 valence electrons. The van der Waals surface area contributed by atoms with Crippen molar-refractivity contribution in [3.8, 4) is 10.6 Å². The fourth-order valence-electron chi connectivity index (χ4n) is 2.91. The average molecular weight is 398 g/mol. The molecule has 0 radical (unpaired) electrons. The third-order valence-electron chi connectivity index (χ3n) is 4.27. The number of nitrogens with zero attached hydrogens (tertiary/aromatic N) is 2. The van der Waals surface area contributed by atoms with Gasteiger partial charge in [0, 0.05) is 13.0 Å². The summed E-state index contributed by atoms with van der Waals surface area (Å²) in [5, 5.41) is 2.96. The molecule has 0 aliphatic rings. The van der Waals surface area contributed by atoms with Gasteiger partial charge in [-0.2, -0.15) is 0 Å². The number of aromatic nitrogens is 3. The first-order chi connectivity index (χ1) is 13.5. The molecule has 4 rings (SSSR count). The van der Waals surface area contributed by atoms with E-state index in [2.05, 4.69) is 20.3 Å². The maximum atomic E-state index is 14.0. The highest BCUT2D eigenvalue weighted by Gasteiger charge is 2.20. The van der Waals surface area contributed by atoms with Crippen molar-refractivity contribution in [1.29, 1.82) is 0 Å². The third kappa shape index (κ3) is 3.50. The predicted octanol–water partition coefficient (Wildman–Crippen LogP) is 4.25. The minimum absolute atomic E-state index is 0.149. The van der Waals surface area contributed by atoms with Crippen LogP contribution in [0, 0.1) is 18.6 Å². The van der Waals surface area contributed by atoms with Gasteiger partial charge in [-0.05, 0) is 31.2 Å². The van der Waals surface area contributed by atoms with Gasteiger partial charge in [-0.15, -0.1) is 11.3 Å². The van der Waals surface area contributed by atoms with Crippen molar-refractivity contribution in [2.24, 2.45) is 0 Å².